The second-order valence-electron chi connectivity index (χ2n) is 6.06. The first kappa shape index (κ1) is 22.7. The highest BCUT2D eigenvalue weighted by Crippen LogP contribution is 2.11. The Bertz CT molecular complexity index is 659. The highest BCUT2D eigenvalue weighted by Gasteiger charge is 2.08. The first-order valence-corrected chi connectivity index (χ1v) is 9.64. The Morgan fingerprint density at radius 1 is 1.23 bits per heavy atom. The molecule has 1 aromatic heterocycles. The lowest BCUT2D eigenvalue weighted by atomic mass is 10.3. The fourth-order valence-electron chi connectivity index (χ4n) is 2.57. The van der Waals surface area contributed by atoms with Gasteiger partial charge in [-0.05, 0) is 32.4 Å². The maximum absolute atomic E-state index is 4.76. The average Bonchev–Trinajstić information content (AvgIpc) is 3.02. The number of hydrogen-bond donors (Lipinski definition) is 1. The molecule has 5 nitrogen and oxygen atoms in total. The topological polar surface area (TPSA) is 43.8 Å². The van der Waals surface area contributed by atoms with Crippen molar-refractivity contribution < 1.29 is 0 Å². The van der Waals surface area contributed by atoms with Crippen molar-refractivity contribution in [3.8, 4) is 0 Å². The van der Waals surface area contributed by atoms with Crippen LogP contribution in [0.15, 0.2) is 40.7 Å². The van der Waals surface area contributed by atoms with Crippen LogP contribution in [0.25, 0.3) is 0 Å². The van der Waals surface area contributed by atoms with Crippen LogP contribution in [0.2, 0.25) is 0 Å². The van der Waals surface area contributed by atoms with E-state index in [9.17, 15) is 0 Å². The molecule has 0 bridgehead atoms. The SMILES string of the molecule is CCNC(=NCCCN(C)c1ccccc1)N(C)Cc1csc(C)n1.I. The lowest BCUT2D eigenvalue weighted by molar-refractivity contribution is 0.470. The van der Waals surface area contributed by atoms with Crippen LogP contribution in [0.5, 0.6) is 0 Å². The van der Waals surface area contributed by atoms with E-state index in [1.165, 1.54) is 5.69 Å². The first-order valence-electron chi connectivity index (χ1n) is 8.76. The average molecular weight is 487 g/mol. The molecule has 0 amide bonds. The van der Waals surface area contributed by atoms with Gasteiger partial charge in [0.1, 0.15) is 0 Å². The van der Waals surface area contributed by atoms with Gasteiger partial charge in [0.25, 0.3) is 0 Å². The third kappa shape index (κ3) is 7.49. The van der Waals surface area contributed by atoms with Crippen LogP contribution in [0.3, 0.4) is 0 Å². The largest absolute Gasteiger partial charge is 0.375 e. The highest BCUT2D eigenvalue weighted by atomic mass is 127. The van der Waals surface area contributed by atoms with Crippen molar-refractivity contribution in [1.82, 2.24) is 15.2 Å². The summed E-state index contributed by atoms with van der Waals surface area (Å²) in [5.41, 5.74) is 2.34. The molecule has 0 unspecified atom stereocenters. The maximum atomic E-state index is 4.76. The molecule has 0 saturated heterocycles. The second kappa shape index (κ2) is 12.1. The molecule has 1 aromatic carbocycles. The zero-order chi connectivity index (χ0) is 18.1. The molecule has 0 saturated carbocycles. The van der Waals surface area contributed by atoms with E-state index in [4.69, 9.17) is 4.99 Å². The summed E-state index contributed by atoms with van der Waals surface area (Å²) < 4.78 is 0. The number of guanidine groups is 1. The summed E-state index contributed by atoms with van der Waals surface area (Å²) in [7, 11) is 4.19. The number of anilines is 1. The van der Waals surface area contributed by atoms with Crippen LogP contribution < -0.4 is 10.2 Å². The van der Waals surface area contributed by atoms with Gasteiger partial charge in [0.05, 0.1) is 17.2 Å². The molecule has 0 atom stereocenters. The van der Waals surface area contributed by atoms with E-state index in [1.807, 2.05) is 13.0 Å². The number of hydrogen-bond acceptors (Lipinski definition) is 4. The van der Waals surface area contributed by atoms with Crippen molar-refractivity contribution in [3.05, 3.63) is 46.4 Å². The van der Waals surface area contributed by atoms with Gasteiger partial charge < -0.3 is 15.1 Å². The number of rotatable bonds is 8. The van der Waals surface area contributed by atoms with E-state index in [-0.39, 0.29) is 24.0 Å². The van der Waals surface area contributed by atoms with E-state index < -0.39 is 0 Å². The third-order valence-electron chi connectivity index (χ3n) is 3.87. The molecule has 0 fully saturated rings. The summed E-state index contributed by atoms with van der Waals surface area (Å²) in [6.45, 7) is 7.57. The van der Waals surface area contributed by atoms with Crippen molar-refractivity contribution in [1.29, 1.82) is 0 Å². The zero-order valence-corrected chi connectivity index (χ0v) is 19.3. The fraction of sp³-hybridized carbons (Fsp3) is 0.474. The predicted octanol–water partition coefficient (Wildman–Crippen LogP) is 3.99. The monoisotopic (exact) mass is 487 g/mol. The Hall–Kier alpha value is -1.35. The predicted molar refractivity (Wildman–Crippen MR) is 124 cm³/mol. The number of nitrogens with zero attached hydrogens (tertiary/aromatic N) is 4. The molecule has 1 N–H and O–H groups in total. The van der Waals surface area contributed by atoms with E-state index in [0.29, 0.717) is 0 Å². The Kier molecular flexibility index (Phi) is 10.6. The molecular weight excluding hydrogens is 457 g/mol. The number of aryl methyl sites for hydroxylation is 1. The lowest BCUT2D eigenvalue weighted by Gasteiger charge is -2.22. The molecular formula is C19H30IN5S. The number of aliphatic imine (C=N–C) groups is 1. The smallest absolute Gasteiger partial charge is 0.194 e. The number of halogens is 1. The van der Waals surface area contributed by atoms with Crippen molar-refractivity contribution in [2.45, 2.75) is 26.8 Å². The molecule has 2 rings (SSSR count). The number of thiazole rings is 1. The number of benzene rings is 1. The number of nitrogens with one attached hydrogen (secondary N) is 1. The van der Waals surface area contributed by atoms with Gasteiger partial charge in [-0.2, -0.15) is 0 Å². The summed E-state index contributed by atoms with van der Waals surface area (Å²) in [5.74, 6) is 0.940. The number of aromatic nitrogens is 1. The molecule has 0 aliphatic heterocycles. The van der Waals surface area contributed by atoms with Crippen molar-refractivity contribution >= 4 is 47.0 Å². The Labute approximate surface area is 178 Å². The minimum absolute atomic E-state index is 0. The quantitative estimate of drug-likeness (QED) is 0.265. The molecule has 0 radical (unpaired) electrons. The van der Waals surface area contributed by atoms with Crippen molar-refractivity contribution in [2.75, 3.05) is 38.6 Å². The van der Waals surface area contributed by atoms with Gasteiger partial charge in [-0.25, -0.2) is 4.98 Å². The van der Waals surface area contributed by atoms with Gasteiger partial charge in [0, 0.05) is 44.8 Å². The molecule has 0 spiro atoms. The van der Waals surface area contributed by atoms with Crippen LogP contribution in [-0.2, 0) is 6.54 Å². The van der Waals surface area contributed by atoms with E-state index in [0.717, 1.165) is 49.3 Å². The molecule has 2 aromatic rings. The minimum atomic E-state index is 0. The van der Waals surface area contributed by atoms with E-state index >= 15 is 0 Å². The molecule has 144 valence electrons. The summed E-state index contributed by atoms with van der Waals surface area (Å²) >= 11 is 1.69. The van der Waals surface area contributed by atoms with Crippen molar-refractivity contribution in [3.63, 3.8) is 0 Å². The van der Waals surface area contributed by atoms with Gasteiger partial charge in [-0.1, -0.05) is 18.2 Å². The van der Waals surface area contributed by atoms with Crippen LogP contribution in [0, 0.1) is 6.92 Å². The first-order chi connectivity index (χ1) is 12.1. The van der Waals surface area contributed by atoms with Gasteiger partial charge in [-0.15, -0.1) is 35.3 Å². The molecule has 1 heterocycles. The summed E-state index contributed by atoms with van der Waals surface area (Å²) in [6.07, 6.45) is 1.02. The van der Waals surface area contributed by atoms with E-state index in [2.05, 4.69) is 70.8 Å². The van der Waals surface area contributed by atoms with Crippen LogP contribution in [0.4, 0.5) is 5.69 Å². The Balaban J connectivity index is 0.00000338. The summed E-state index contributed by atoms with van der Waals surface area (Å²) in [4.78, 5) is 13.7. The fourth-order valence-corrected chi connectivity index (χ4v) is 3.18. The Morgan fingerprint density at radius 2 is 1.96 bits per heavy atom. The Morgan fingerprint density at radius 3 is 2.58 bits per heavy atom. The van der Waals surface area contributed by atoms with Crippen LogP contribution in [-0.4, -0.2) is 49.6 Å². The molecule has 0 aliphatic carbocycles. The summed E-state index contributed by atoms with van der Waals surface area (Å²) in [6, 6.07) is 10.5. The third-order valence-corrected chi connectivity index (χ3v) is 4.69. The van der Waals surface area contributed by atoms with Gasteiger partial charge in [-0.3, -0.25) is 4.99 Å². The molecule has 26 heavy (non-hydrogen) atoms. The highest BCUT2D eigenvalue weighted by molar-refractivity contribution is 14.0. The van der Waals surface area contributed by atoms with Crippen LogP contribution >= 0.6 is 35.3 Å². The minimum Gasteiger partial charge on any atom is -0.375 e. The van der Waals surface area contributed by atoms with E-state index in [1.54, 1.807) is 11.3 Å². The van der Waals surface area contributed by atoms with Crippen LogP contribution in [0.1, 0.15) is 24.0 Å². The molecule has 0 aliphatic rings. The number of para-hydroxylation sites is 1. The molecule has 7 heteroatoms. The van der Waals surface area contributed by atoms with Gasteiger partial charge in [0.2, 0.25) is 0 Å². The standard InChI is InChI=1S/C19H29N5S.HI/c1-5-20-19(24(4)14-17-15-25-16(2)22-17)21-12-9-13-23(3)18-10-7-6-8-11-18;/h6-8,10-11,15H,5,9,12-14H2,1-4H3,(H,20,21);1H. The second-order valence-corrected chi connectivity index (χ2v) is 7.12. The van der Waals surface area contributed by atoms with Gasteiger partial charge in [0.15, 0.2) is 5.96 Å². The zero-order valence-electron chi connectivity index (χ0n) is 16.1. The van der Waals surface area contributed by atoms with Crippen molar-refractivity contribution in [2.24, 2.45) is 4.99 Å². The summed E-state index contributed by atoms with van der Waals surface area (Å²) in [5, 5.41) is 6.59. The lowest BCUT2D eigenvalue weighted by Crippen LogP contribution is -2.38. The maximum Gasteiger partial charge on any atom is 0.194 e. The normalized spacial score (nSPS) is 11.0. The van der Waals surface area contributed by atoms with Gasteiger partial charge >= 0.3 is 0 Å².